The molecule has 1 aliphatic heterocycles. The van der Waals surface area contributed by atoms with E-state index < -0.39 is 10.0 Å². The maximum Gasteiger partial charge on any atom is 0.252 e. The molecule has 0 aliphatic carbocycles. The summed E-state index contributed by atoms with van der Waals surface area (Å²) in [6, 6.07) is 1.75. The lowest BCUT2D eigenvalue weighted by Gasteiger charge is -2.34. The van der Waals surface area contributed by atoms with Crippen LogP contribution in [-0.4, -0.2) is 50.3 Å². The number of hydrogen-bond acceptors (Lipinski definition) is 4. The second kappa shape index (κ2) is 6.96. The van der Waals surface area contributed by atoms with Crippen molar-refractivity contribution in [1.29, 1.82) is 0 Å². The zero-order valence-electron chi connectivity index (χ0n) is 12.8. The molecule has 4 nitrogen and oxygen atoms in total. The number of thiophene rings is 1. The van der Waals surface area contributed by atoms with E-state index in [0.717, 1.165) is 30.1 Å². The van der Waals surface area contributed by atoms with E-state index in [4.69, 9.17) is 11.6 Å². The van der Waals surface area contributed by atoms with Gasteiger partial charge < -0.3 is 4.90 Å². The van der Waals surface area contributed by atoms with E-state index in [1.807, 2.05) is 6.92 Å². The minimum atomic E-state index is -3.36. The Kier molecular flexibility index (Phi) is 5.71. The molecule has 1 aliphatic rings. The van der Waals surface area contributed by atoms with Crippen LogP contribution in [0.4, 0.5) is 0 Å². The SMILES string of the molecule is Cc1cc(S(=O)(=O)N2CCN(CC(C)C)CC2)sc1CCl. The third-order valence-electron chi connectivity index (χ3n) is 3.67. The first-order valence-corrected chi connectivity index (χ1v) is 10.0. The lowest BCUT2D eigenvalue weighted by molar-refractivity contribution is 0.172. The van der Waals surface area contributed by atoms with Gasteiger partial charge in [0.1, 0.15) is 4.21 Å². The summed E-state index contributed by atoms with van der Waals surface area (Å²) < 4.78 is 27.4. The van der Waals surface area contributed by atoms with E-state index in [-0.39, 0.29) is 0 Å². The number of nitrogens with zero attached hydrogens (tertiary/aromatic N) is 2. The van der Waals surface area contributed by atoms with Crippen LogP contribution < -0.4 is 0 Å². The first kappa shape index (κ1) is 17.2. The van der Waals surface area contributed by atoms with Crippen LogP contribution in [0.3, 0.4) is 0 Å². The van der Waals surface area contributed by atoms with Gasteiger partial charge in [0.2, 0.25) is 0 Å². The van der Waals surface area contributed by atoms with Gasteiger partial charge >= 0.3 is 0 Å². The molecule has 0 radical (unpaired) electrons. The smallest absolute Gasteiger partial charge is 0.252 e. The fourth-order valence-corrected chi connectivity index (χ4v) is 5.94. The molecule has 2 rings (SSSR count). The second-order valence-electron chi connectivity index (χ2n) is 5.90. The predicted octanol–water partition coefficient (Wildman–Crippen LogP) is 2.76. The van der Waals surface area contributed by atoms with E-state index in [2.05, 4.69) is 18.7 Å². The molecule has 0 N–H and O–H groups in total. The van der Waals surface area contributed by atoms with E-state index in [1.165, 1.54) is 11.3 Å². The quantitative estimate of drug-likeness (QED) is 0.767. The highest BCUT2D eigenvalue weighted by molar-refractivity contribution is 7.91. The molecule has 0 bridgehead atoms. The van der Waals surface area contributed by atoms with Crippen molar-refractivity contribution in [1.82, 2.24) is 9.21 Å². The first-order valence-electron chi connectivity index (χ1n) is 7.22. The minimum Gasteiger partial charge on any atom is -0.300 e. The van der Waals surface area contributed by atoms with Gasteiger partial charge in [0, 0.05) is 37.6 Å². The van der Waals surface area contributed by atoms with Gasteiger partial charge in [-0.25, -0.2) is 8.42 Å². The molecule has 1 fully saturated rings. The molecule has 0 saturated carbocycles. The van der Waals surface area contributed by atoms with E-state index >= 15 is 0 Å². The van der Waals surface area contributed by atoms with Crippen molar-refractivity contribution in [2.75, 3.05) is 32.7 Å². The molecule has 0 spiro atoms. The Bertz CT molecular complexity index is 576. The van der Waals surface area contributed by atoms with Gasteiger partial charge in [0.25, 0.3) is 10.0 Å². The Balaban J connectivity index is 2.07. The van der Waals surface area contributed by atoms with Gasteiger partial charge in [-0.05, 0) is 24.5 Å². The second-order valence-corrected chi connectivity index (χ2v) is 9.47. The summed E-state index contributed by atoms with van der Waals surface area (Å²) in [7, 11) is -3.36. The summed E-state index contributed by atoms with van der Waals surface area (Å²) in [5, 5.41) is 0. The van der Waals surface area contributed by atoms with Crippen LogP contribution >= 0.6 is 22.9 Å². The van der Waals surface area contributed by atoms with Crippen LogP contribution in [0.1, 0.15) is 24.3 Å². The van der Waals surface area contributed by atoms with Crippen LogP contribution in [0, 0.1) is 12.8 Å². The Morgan fingerprint density at radius 2 is 1.90 bits per heavy atom. The molecule has 1 saturated heterocycles. The number of hydrogen-bond donors (Lipinski definition) is 0. The normalized spacial score (nSPS) is 18.5. The number of halogens is 1. The lowest BCUT2D eigenvalue weighted by atomic mass is 10.2. The average Bonchev–Trinajstić information content (AvgIpc) is 2.80. The number of sulfonamides is 1. The Hall–Kier alpha value is -0.140. The summed E-state index contributed by atoms with van der Waals surface area (Å²) in [5.74, 6) is 0.980. The van der Waals surface area contributed by atoms with Crippen LogP contribution in [0.25, 0.3) is 0 Å². The van der Waals surface area contributed by atoms with Crippen molar-refractivity contribution in [2.24, 2.45) is 5.92 Å². The minimum absolute atomic E-state index is 0.369. The van der Waals surface area contributed by atoms with Crippen LogP contribution in [0.2, 0.25) is 0 Å². The van der Waals surface area contributed by atoms with Gasteiger partial charge in [0.15, 0.2) is 0 Å². The number of rotatable bonds is 5. The maximum absolute atomic E-state index is 12.7. The molecule has 1 aromatic rings. The Morgan fingerprint density at radius 3 is 2.38 bits per heavy atom. The monoisotopic (exact) mass is 350 g/mol. The third kappa shape index (κ3) is 3.99. The maximum atomic E-state index is 12.7. The molecule has 0 unspecified atom stereocenters. The highest BCUT2D eigenvalue weighted by atomic mass is 35.5. The van der Waals surface area contributed by atoms with Crippen LogP contribution in [0.15, 0.2) is 10.3 Å². The van der Waals surface area contributed by atoms with Crippen molar-refractivity contribution >= 4 is 33.0 Å². The Labute approximate surface area is 136 Å². The van der Waals surface area contributed by atoms with Crippen LogP contribution in [0.5, 0.6) is 0 Å². The molecule has 120 valence electrons. The summed E-state index contributed by atoms with van der Waals surface area (Å²) in [4.78, 5) is 3.27. The first-order chi connectivity index (χ1) is 9.84. The van der Waals surface area contributed by atoms with E-state index in [0.29, 0.717) is 29.1 Å². The van der Waals surface area contributed by atoms with Gasteiger partial charge in [-0.2, -0.15) is 4.31 Å². The highest BCUT2D eigenvalue weighted by Gasteiger charge is 2.30. The molecule has 0 amide bonds. The zero-order valence-corrected chi connectivity index (χ0v) is 15.2. The fraction of sp³-hybridized carbons (Fsp3) is 0.714. The van der Waals surface area contributed by atoms with E-state index in [9.17, 15) is 8.42 Å². The average molecular weight is 351 g/mol. The predicted molar refractivity (Wildman–Crippen MR) is 88.6 cm³/mol. The van der Waals surface area contributed by atoms with Gasteiger partial charge in [-0.15, -0.1) is 22.9 Å². The molecule has 1 aromatic heterocycles. The molecule has 2 heterocycles. The van der Waals surface area contributed by atoms with Gasteiger partial charge in [0.05, 0.1) is 5.88 Å². The third-order valence-corrected chi connectivity index (χ3v) is 7.68. The van der Waals surface area contributed by atoms with E-state index in [1.54, 1.807) is 10.4 Å². The lowest BCUT2D eigenvalue weighted by Crippen LogP contribution is -2.49. The van der Waals surface area contributed by atoms with Gasteiger partial charge in [-0.3, -0.25) is 0 Å². The molecule has 0 atom stereocenters. The fourth-order valence-electron chi connectivity index (χ4n) is 2.54. The number of alkyl halides is 1. The van der Waals surface area contributed by atoms with Crippen LogP contribution in [-0.2, 0) is 15.9 Å². The summed E-state index contributed by atoms with van der Waals surface area (Å²) >= 11 is 7.14. The Morgan fingerprint density at radius 1 is 1.29 bits per heavy atom. The molecule has 0 aromatic carbocycles. The van der Waals surface area contributed by atoms with Crippen molar-refractivity contribution in [3.63, 3.8) is 0 Å². The standard InChI is InChI=1S/C14H23ClN2O2S2/c1-11(2)10-16-4-6-17(7-5-16)21(18,19)14-8-12(3)13(9-15)20-14/h8,11H,4-7,9-10H2,1-3H3. The molecular formula is C14H23ClN2O2S2. The summed E-state index contributed by atoms with van der Waals surface area (Å²) in [6.07, 6.45) is 0. The zero-order chi connectivity index (χ0) is 15.6. The topological polar surface area (TPSA) is 40.6 Å². The molecular weight excluding hydrogens is 328 g/mol. The van der Waals surface area contributed by atoms with Gasteiger partial charge in [-0.1, -0.05) is 13.8 Å². The summed E-state index contributed by atoms with van der Waals surface area (Å²) in [5.41, 5.74) is 0.965. The molecule has 21 heavy (non-hydrogen) atoms. The molecule has 7 heteroatoms. The van der Waals surface area contributed by atoms with Crippen molar-refractivity contribution in [2.45, 2.75) is 30.9 Å². The number of piperazine rings is 1. The highest BCUT2D eigenvalue weighted by Crippen LogP contribution is 2.30. The largest absolute Gasteiger partial charge is 0.300 e. The van der Waals surface area contributed by atoms with Crippen molar-refractivity contribution < 1.29 is 8.42 Å². The summed E-state index contributed by atoms with van der Waals surface area (Å²) in [6.45, 7) is 10.1. The number of aryl methyl sites for hydroxylation is 1. The van der Waals surface area contributed by atoms with Crippen molar-refractivity contribution in [3.05, 3.63) is 16.5 Å². The van der Waals surface area contributed by atoms with Crippen molar-refractivity contribution in [3.8, 4) is 0 Å².